The second-order valence-corrected chi connectivity index (χ2v) is 4.63. The molecule has 88 valence electrons. The van der Waals surface area contributed by atoms with Crippen LogP contribution in [0.1, 0.15) is 52.4 Å². The fraction of sp³-hybridized carbons (Fsp3) is 0.917. The van der Waals surface area contributed by atoms with E-state index in [1.165, 1.54) is 19.3 Å². The Morgan fingerprint density at radius 3 is 2.93 bits per heavy atom. The normalized spacial score (nSPS) is 24.3. The topological polar surface area (TPSA) is 46.3 Å². The van der Waals surface area contributed by atoms with E-state index in [1.54, 1.807) is 0 Å². The summed E-state index contributed by atoms with van der Waals surface area (Å²) in [5.41, 5.74) is 5.77. The molecule has 0 radical (unpaired) electrons. The Morgan fingerprint density at radius 2 is 2.27 bits per heavy atom. The van der Waals surface area contributed by atoms with Crippen molar-refractivity contribution in [2.24, 2.45) is 5.73 Å². The molecule has 2 unspecified atom stereocenters. The van der Waals surface area contributed by atoms with Crippen LogP contribution in [-0.4, -0.2) is 29.4 Å². The van der Waals surface area contributed by atoms with Crippen LogP contribution in [0, 0.1) is 0 Å². The van der Waals surface area contributed by atoms with Gasteiger partial charge < -0.3 is 10.6 Å². The Labute approximate surface area is 93.0 Å². The molecule has 1 saturated heterocycles. The molecule has 15 heavy (non-hydrogen) atoms. The van der Waals surface area contributed by atoms with E-state index in [-0.39, 0.29) is 11.9 Å². The zero-order valence-corrected chi connectivity index (χ0v) is 10.0. The van der Waals surface area contributed by atoms with E-state index in [4.69, 9.17) is 5.73 Å². The largest absolute Gasteiger partial charge is 0.339 e. The van der Waals surface area contributed by atoms with E-state index in [9.17, 15) is 4.79 Å². The number of hydrogen-bond acceptors (Lipinski definition) is 2. The highest BCUT2D eigenvalue weighted by atomic mass is 16.2. The average molecular weight is 212 g/mol. The van der Waals surface area contributed by atoms with Crippen molar-refractivity contribution >= 4 is 5.91 Å². The lowest BCUT2D eigenvalue weighted by molar-refractivity contribution is -0.137. The molecule has 0 aromatic rings. The molecule has 1 rings (SSSR count). The van der Waals surface area contributed by atoms with Gasteiger partial charge in [-0.25, -0.2) is 0 Å². The molecule has 2 N–H and O–H groups in total. The Morgan fingerprint density at radius 1 is 1.53 bits per heavy atom. The van der Waals surface area contributed by atoms with Crippen molar-refractivity contribution in [3.05, 3.63) is 0 Å². The third-order valence-corrected chi connectivity index (χ3v) is 3.27. The van der Waals surface area contributed by atoms with Crippen molar-refractivity contribution in [2.75, 3.05) is 6.54 Å². The fourth-order valence-corrected chi connectivity index (χ4v) is 2.21. The molecule has 1 heterocycles. The van der Waals surface area contributed by atoms with Gasteiger partial charge in [0.25, 0.3) is 0 Å². The molecule has 1 aliphatic heterocycles. The first kappa shape index (κ1) is 12.5. The van der Waals surface area contributed by atoms with Gasteiger partial charge in [-0.15, -0.1) is 0 Å². The zero-order valence-electron chi connectivity index (χ0n) is 10.0. The molecular weight excluding hydrogens is 188 g/mol. The number of amides is 1. The predicted octanol–water partition coefficient (Wildman–Crippen LogP) is 1.90. The molecule has 3 nitrogen and oxygen atoms in total. The van der Waals surface area contributed by atoms with Gasteiger partial charge in [-0.05, 0) is 26.2 Å². The molecule has 3 heteroatoms. The first-order chi connectivity index (χ1) is 7.16. The third kappa shape index (κ3) is 3.49. The first-order valence-electron chi connectivity index (χ1n) is 6.23. The van der Waals surface area contributed by atoms with Crippen LogP contribution in [0.15, 0.2) is 0 Å². The summed E-state index contributed by atoms with van der Waals surface area (Å²) in [6, 6.07) is 0.128. The zero-order chi connectivity index (χ0) is 11.3. The lowest BCUT2D eigenvalue weighted by Gasteiger charge is -2.35. The number of rotatable bonds is 5. The van der Waals surface area contributed by atoms with Gasteiger partial charge in [0.1, 0.15) is 0 Å². The van der Waals surface area contributed by atoms with E-state index >= 15 is 0 Å². The maximum Gasteiger partial charge on any atom is 0.239 e. The highest BCUT2D eigenvalue weighted by Gasteiger charge is 2.28. The van der Waals surface area contributed by atoms with Crippen LogP contribution in [0.2, 0.25) is 0 Å². The summed E-state index contributed by atoms with van der Waals surface area (Å²) in [4.78, 5) is 13.8. The van der Waals surface area contributed by atoms with E-state index < -0.39 is 0 Å². The second kappa shape index (κ2) is 6.11. The molecule has 2 atom stereocenters. The molecule has 0 saturated carbocycles. The van der Waals surface area contributed by atoms with Crippen LogP contribution in [0.25, 0.3) is 0 Å². The van der Waals surface area contributed by atoms with Crippen molar-refractivity contribution in [3.8, 4) is 0 Å². The number of carbonyl (C=O) groups excluding carboxylic acids is 1. The maximum absolute atomic E-state index is 11.8. The average Bonchev–Trinajstić information content (AvgIpc) is 2.22. The van der Waals surface area contributed by atoms with Crippen LogP contribution in [0.3, 0.4) is 0 Å². The molecule has 0 aromatic heterocycles. The summed E-state index contributed by atoms with van der Waals surface area (Å²) in [6.45, 7) is 5.25. The summed E-state index contributed by atoms with van der Waals surface area (Å²) >= 11 is 0. The number of hydrogen-bond donors (Lipinski definition) is 1. The van der Waals surface area contributed by atoms with Gasteiger partial charge in [-0.3, -0.25) is 4.79 Å². The summed E-state index contributed by atoms with van der Waals surface area (Å²) in [5, 5.41) is 0. The van der Waals surface area contributed by atoms with Crippen molar-refractivity contribution in [3.63, 3.8) is 0 Å². The van der Waals surface area contributed by atoms with Gasteiger partial charge in [0.05, 0.1) is 6.04 Å². The molecule has 0 aromatic carbocycles. The molecule has 1 fully saturated rings. The summed E-state index contributed by atoms with van der Waals surface area (Å²) in [6.07, 6.45) is 6.75. The summed E-state index contributed by atoms with van der Waals surface area (Å²) in [7, 11) is 0. The number of likely N-dealkylation sites (tertiary alicyclic amines) is 1. The van der Waals surface area contributed by atoms with Crippen LogP contribution in [0.4, 0.5) is 0 Å². The number of nitrogens with zero attached hydrogens (tertiary/aromatic N) is 1. The van der Waals surface area contributed by atoms with Gasteiger partial charge in [0, 0.05) is 12.6 Å². The minimum absolute atomic E-state index is 0.158. The number of unbranched alkanes of at least 4 members (excludes halogenated alkanes) is 2. The minimum Gasteiger partial charge on any atom is -0.339 e. The van der Waals surface area contributed by atoms with Gasteiger partial charge in [-0.1, -0.05) is 26.2 Å². The number of carbonyl (C=O) groups is 1. The second-order valence-electron chi connectivity index (χ2n) is 4.63. The first-order valence-corrected chi connectivity index (χ1v) is 6.23. The Bertz CT molecular complexity index is 206. The van der Waals surface area contributed by atoms with Gasteiger partial charge >= 0.3 is 0 Å². The van der Waals surface area contributed by atoms with E-state index in [1.807, 2.05) is 4.90 Å². The highest BCUT2D eigenvalue weighted by Crippen LogP contribution is 2.16. The Hall–Kier alpha value is -0.570. The van der Waals surface area contributed by atoms with E-state index in [0.717, 1.165) is 25.8 Å². The smallest absolute Gasteiger partial charge is 0.239 e. The predicted molar refractivity (Wildman–Crippen MR) is 62.5 cm³/mol. The van der Waals surface area contributed by atoms with E-state index in [2.05, 4.69) is 13.8 Å². The highest BCUT2D eigenvalue weighted by molar-refractivity contribution is 5.82. The van der Waals surface area contributed by atoms with Crippen molar-refractivity contribution in [1.29, 1.82) is 0 Å². The van der Waals surface area contributed by atoms with E-state index in [0.29, 0.717) is 6.04 Å². The minimum atomic E-state index is -0.243. The summed E-state index contributed by atoms with van der Waals surface area (Å²) < 4.78 is 0. The van der Waals surface area contributed by atoms with Crippen LogP contribution < -0.4 is 5.73 Å². The molecule has 1 amide bonds. The van der Waals surface area contributed by atoms with Gasteiger partial charge in [0.15, 0.2) is 0 Å². The Balaban J connectivity index is 2.36. The van der Waals surface area contributed by atoms with Crippen molar-refractivity contribution in [1.82, 2.24) is 4.90 Å². The summed E-state index contributed by atoms with van der Waals surface area (Å²) in [5.74, 6) is 0.158. The number of piperidine rings is 1. The quantitative estimate of drug-likeness (QED) is 0.708. The number of nitrogens with two attached hydrogens (primary N) is 1. The molecule has 0 spiro atoms. The molecule has 0 aliphatic carbocycles. The lowest BCUT2D eigenvalue weighted by Crippen LogP contribution is -2.51. The Kier molecular flexibility index (Phi) is 5.09. The standard InChI is InChI=1S/C12H24N2O/c1-3-4-5-7-10(2)14-9-6-8-11(13)12(14)15/h10-11H,3-9,13H2,1-2H3. The van der Waals surface area contributed by atoms with Crippen LogP contribution in [0.5, 0.6) is 0 Å². The molecule has 1 aliphatic rings. The third-order valence-electron chi connectivity index (χ3n) is 3.27. The van der Waals surface area contributed by atoms with Gasteiger partial charge in [0.2, 0.25) is 5.91 Å². The van der Waals surface area contributed by atoms with Crippen molar-refractivity contribution < 1.29 is 4.79 Å². The fourth-order valence-electron chi connectivity index (χ4n) is 2.21. The van der Waals surface area contributed by atoms with Crippen LogP contribution >= 0.6 is 0 Å². The lowest BCUT2D eigenvalue weighted by atomic mass is 10.0. The molecule has 0 bridgehead atoms. The van der Waals surface area contributed by atoms with Crippen LogP contribution in [-0.2, 0) is 4.79 Å². The SMILES string of the molecule is CCCCCC(C)N1CCCC(N)C1=O. The maximum atomic E-state index is 11.8. The van der Waals surface area contributed by atoms with Gasteiger partial charge in [-0.2, -0.15) is 0 Å². The van der Waals surface area contributed by atoms with Crippen molar-refractivity contribution in [2.45, 2.75) is 64.5 Å². The monoisotopic (exact) mass is 212 g/mol. The molecular formula is C12H24N2O.